The Bertz CT molecular complexity index is 1100. The van der Waals surface area contributed by atoms with Crippen molar-refractivity contribution in [1.82, 2.24) is 4.57 Å². The molecular weight excluding hydrogens is 401 g/mol. The van der Waals surface area contributed by atoms with Crippen LogP contribution in [0.5, 0.6) is 0 Å². The van der Waals surface area contributed by atoms with Gasteiger partial charge in [0.2, 0.25) is 0 Å². The first-order chi connectivity index (χ1) is 14.4. The van der Waals surface area contributed by atoms with Crippen molar-refractivity contribution in [3.05, 3.63) is 74.6 Å². The number of nitrogens with zero attached hydrogens (tertiary/aromatic N) is 3. The standard InChI is InChI=1S/C23H24FN3O2S/c1-15-4-3-5-21(16(15)2)26-22(17-6-12-20(13-7-17)27(28)29)14-30-23(26)25-19-10-8-18(24)9-11-19/h6-16,21H,3-5H2,1-2H3. The van der Waals surface area contributed by atoms with Crippen LogP contribution >= 0.6 is 11.3 Å². The molecule has 7 heteroatoms. The van der Waals surface area contributed by atoms with Gasteiger partial charge in [-0.3, -0.25) is 10.1 Å². The van der Waals surface area contributed by atoms with Gasteiger partial charge < -0.3 is 4.57 Å². The van der Waals surface area contributed by atoms with Crippen molar-refractivity contribution in [2.75, 3.05) is 0 Å². The molecule has 30 heavy (non-hydrogen) atoms. The van der Waals surface area contributed by atoms with E-state index in [1.165, 1.54) is 18.6 Å². The quantitative estimate of drug-likeness (QED) is 0.354. The molecule has 2 aromatic carbocycles. The van der Waals surface area contributed by atoms with Gasteiger partial charge in [-0.1, -0.05) is 26.7 Å². The van der Waals surface area contributed by atoms with E-state index in [4.69, 9.17) is 4.99 Å². The van der Waals surface area contributed by atoms with E-state index in [0.29, 0.717) is 23.6 Å². The third kappa shape index (κ3) is 4.07. The summed E-state index contributed by atoms with van der Waals surface area (Å²) in [6.07, 6.45) is 3.45. The van der Waals surface area contributed by atoms with Crippen molar-refractivity contribution in [1.29, 1.82) is 0 Å². The van der Waals surface area contributed by atoms with Crippen molar-refractivity contribution in [3.8, 4) is 11.3 Å². The first kappa shape index (κ1) is 20.5. The second-order valence-electron chi connectivity index (χ2n) is 8.00. The zero-order valence-corrected chi connectivity index (χ0v) is 17.8. The van der Waals surface area contributed by atoms with E-state index < -0.39 is 0 Å². The molecule has 1 saturated carbocycles. The summed E-state index contributed by atoms with van der Waals surface area (Å²) in [5.74, 6) is 0.811. The molecule has 0 aliphatic heterocycles. The Labute approximate surface area is 178 Å². The minimum absolute atomic E-state index is 0.0800. The molecule has 0 saturated heterocycles. The van der Waals surface area contributed by atoms with Crippen molar-refractivity contribution < 1.29 is 9.31 Å². The lowest BCUT2D eigenvalue weighted by Crippen LogP contribution is -2.32. The fourth-order valence-electron chi connectivity index (χ4n) is 4.23. The maximum atomic E-state index is 13.3. The second kappa shape index (κ2) is 8.52. The molecular formula is C23H24FN3O2S. The molecule has 1 aliphatic carbocycles. The van der Waals surface area contributed by atoms with Gasteiger partial charge in [-0.25, -0.2) is 9.38 Å². The van der Waals surface area contributed by atoms with Crippen molar-refractivity contribution in [3.63, 3.8) is 0 Å². The zero-order valence-electron chi connectivity index (χ0n) is 17.0. The Morgan fingerprint density at radius 3 is 2.47 bits per heavy atom. The van der Waals surface area contributed by atoms with Crippen LogP contribution in [-0.2, 0) is 0 Å². The van der Waals surface area contributed by atoms with Gasteiger partial charge in [0, 0.05) is 23.6 Å². The smallest absolute Gasteiger partial charge is 0.269 e. The largest absolute Gasteiger partial charge is 0.313 e. The monoisotopic (exact) mass is 425 g/mol. The van der Waals surface area contributed by atoms with Crippen molar-refractivity contribution in [2.45, 2.75) is 39.2 Å². The molecule has 0 N–H and O–H groups in total. The summed E-state index contributed by atoms with van der Waals surface area (Å²) in [5.41, 5.74) is 2.74. The highest BCUT2D eigenvalue weighted by Gasteiger charge is 2.30. The third-order valence-corrected chi connectivity index (χ3v) is 7.00. The van der Waals surface area contributed by atoms with E-state index in [2.05, 4.69) is 23.8 Å². The average Bonchev–Trinajstić information content (AvgIpc) is 3.15. The van der Waals surface area contributed by atoms with Crippen LogP contribution in [0.1, 0.15) is 39.2 Å². The number of nitro benzene ring substituents is 1. The van der Waals surface area contributed by atoms with Crippen LogP contribution in [0.3, 0.4) is 0 Å². The minimum Gasteiger partial charge on any atom is -0.313 e. The summed E-state index contributed by atoms with van der Waals surface area (Å²) in [5, 5.41) is 13.1. The van der Waals surface area contributed by atoms with Gasteiger partial charge in [0.1, 0.15) is 5.82 Å². The van der Waals surface area contributed by atoms with Crippen LogP contribution in [0.4, 0.5) is 15.8 Å². The molecule has 0 spiro atoms. The Kier molecular flexibility index (Phi) is 5.81. The van der Waals surface area contributed by atoms with Crippen molar-refractivity contribution >= 4 is 22.7 Å². The lowest BCUT2D eigenvalue weighted by Gasteiger charge is -2.36. The number of hydrogen-bond donors (Lipinski definition) is 0. The number of nitro groups is 1. The second-order valence-corrected chi connectivity index (χ2v) is 8.84. The van der Waals surface area contributed by atoms with Crippen LogP contribution in [0.15, 0.2) is 58.9 Å². The zero-order chi connectivity index (χ0) is 21.3. The topological polar surface area (TPSA) is 60.4 Å². The van der Waals surface area contributed by atoms with Crippen LogP contribution in [0.2, 0.25) is 0 Å². The van der Waals surface area contributed by atoms with E-state index in [1.54, 1.807) is 47.7 Å². The number of aromatic nitrogens is 1. The summed E-state index contributed by atoms with van der Waals surface area (Å²) in [6.45, 7) is 4.59. The first-order valence-electron chi connectivity index (χ1n) is 10.2. The van der Waals surface area contributed by atoms with Gasteiger partial charge in [-0.2, -0.15) is 0 Å². The fraction of sp³-hybridized carbons (Fsp3) is 0.348. The molecule has 4 rings (SSSR count). The molecule has 156 valence electrons. The lowest BCUT2D eigenvalue weighted by atomic mass is 9.78. The number of rotatable bonds is 4. The molecule has 1 aliphatic rings. The molecule has 0 radical (unpaired) electrons. The van der Waals surface area contributed by atoms with Gasteiger partial charge in [0.05, 0.1) is 16.3 Å². The average molecular weight is 426 g/mol. The molecule has 5 nitrogen and oxygen atoms in total. The Balaban J connectivity index is 1.85. The van der Waals surface area contributed by atoms with E-state index >= 15 is 0 Å². The van der Waals surface area contributed by atoms with E-state index in [9.17, 15) is 14.5 Å². The number of halogens is 1. The Hall–Kier alpha value is -2.80. The van der Waals surface area contributed by atoms with Gasteiger partial charge in [0.25, 0.3) is 5.69 Å². The van der Waals surface area contributed by atoms with Gasteiger partial charge in [-0.05, 0) is 60.2 Å². The predicted octanol–water partition coefficient (Wildman–Crippen LogP) is 6.49. The molecule has 0 amide bonds. The maximum absolute atomic E-state index is 13.3. The van der Waals surface area contributed by atoms with E-state index in [-0.39, 0.29) is 16.4 Å². The molecule has 1 heterocycles. The molecule has 3 atom stereocenters. The molecule has 3 aromatic rings. The molecule has 1 aromatic heterocycles. The molecule has 3 unspecified atom stereocenters. The number of non-ortho nitro benzene ring substituents is 1. The van der Waals surface area contributed by atoms with Crippen molar-refractivity contribution in [2.24, 2.45) is 16.8 Å². The third-order valence-electron chi connectivity index (χ3n) is 6.16. The molecule has 0 bridgehead atoms. The summed E-state index contributed by atoms with van der Waals surface area (Å²) in [7, 11) is 0. The Morgan fingerprint density at radius 2 is 1.80 bits per heavy atom. The maximum Gasteiger partial charge on any atom is 0.269 e. The molecule has 1 fully saturated rings. The minimum atomic E-state index is -0.383. The summed E-state index contributed by atoms with van der Waals surface area (Å²) >= 11 is 1.55. The van der Waals surface area contributed by atoms with E-state index in [1.807, 2.05) is 0 Å². The summed E-state index contributed by atoms with van der Waals surface area (Å²) < 4.78 is 15.6. The SMILES string of the molecule is CC1CCCC(n2c(-c3ccc([N+](=O)[O-])cc3)csc2=Nc2ccc(F)cc2)C1C. The van der Waals surface area contributed by atoms with Gasteiger partial charge in [-0.15, -0.1) is 11.3 Å². The van der Waals surface area contributed by atoms with Crippen LogP contribution < -0.4 is 4.80 Å². The van der Waals surface area contributed by atoms with Crippen LogP contribution in [0, 0.1) is 27.8 Å². The van der Waals surface area contributed by atoms with E-state index in [0.717, 1.165) is 28.9 Å². The van der Waals surface area contributed by atoms with Gasteiger partial charge in [0.15, 0.2) is 4.80 Å². The summed E-state index contributed by atoms with van der Waals surface area (Å²) in [6, 6.07) is 13.2. The summed E-state index contributed by atoms with van der Waals surface area (Å²) in [4.78, 5) is 16.3. The number of thiazole rings is 1. The normalized spacial score (nSPS) is 22.2. The highest BCUT2D eigenvalue weighted by molar-refractivity contribution is 7.07. The number of hydrogen-bond acceptors (Lipinski definition) is 4. The van der Waals surface area contributed by atoms with Gasteiger partial charge >= 0.3 is 0 Å². The number of benzene rings is 2. The highest BCUT2D eigenvalue weighted by Crippen LogP contribution is 2.39. The highest BCUT2D eigenvalue weighted by atomic mass is 32.1. The fourth-order valence-corrected chi connectivity index (χ4v) is 5.20. The predicted molar refractivity (Wildman–Crippen MR) is 117 cm³/mol. The van der Waals surface area contributed by atoms with Crippen LogP contribution in [-0.4, -0.2) is 9.49 Å². The Morgan fingerprint density at radius 1 is 1.10 bits per heavy atom. The van der Waals surface area contributed by atoms with Crippen LogP contribution in [0.25, 0.3) is 11.3 Å². The lowest BCUT2D eigenvalue weighted by molar-refractivity contribution is -0.384. The first-order valence-corrected chi connectivity index (χ1v) is 11.1.